The standard InChI is InChI=1S/C26H32INO5/c1-26(2)22-5-3-4-6-23(22)28(12-14-32-16-18-33-17-15-31-13-11-27)25(26)10-7-20-19-21(29)8-9-24(20)30/h3-10,19,29H,11-18H2,1-2H3/b20-7-,25-10+. The highest BCUT2D eigenvalue weighted by Crippen LogP contribution is 2.47. The maximum absolute atomic E-state index is 12.2. The molecule has 0 amide bonds. The van der Waals surface area contributed by atoms with Crippen molar-refractivity contribution in [2.75, 3.05) is 55.5 Å². The number of hydrogen-bond acceptors (Lipinski definition) is 6. The Morgan fingerprint density at radius 2 is 1.64 bits per heavy atom. The molecule has 0 bridgehead atoms. The van der Waals surface area contributed by atoms with Gasteiger partial charge < -0.3 is 24.2 Å². The number of aliphatic hydroxyl groups is 1. The average Bonchev–Trinajstić information content (AvgIpc) is 3.02. The molecule has 0 radical (unpaired) electrons. The Morgan fingerprint density at radius 1 is 0.970 bits per heavy atom. The second-order valence-corrected chi connectivity index (χ2v) is 9.34. The van der Waals surface area contributed by atoms with E-state index in [1.165, 1.54) is 23.8 Å². The Morgan fingerprint density at radius 3 is 2.36 bits per heavy atom. The lowest BCUT2D eigenvalue weighted by molar-refractivity contribution is -0.111. The van der Waals surface area contributed by atoms with Gasteiger partial charge in [0.15, 0.2) is 5.78 Å². The molecule has 1 aliphatic carbocycles. The van der Waals surface area contributed by atoms with Crippen molar-refractivity contribution in [2.45, 2.75) is 19.3 Å². The lowest BCUT2D eigenvalue weighted by Crippen LogP contribution is -2.29. The van der Waals surface area contributed by atoms with Gasteiger partial charge in [-0.25, -0.2) is 0 Å². The minimum atomic E-state index is -0.228. The molecule has 0 saturated heterocycles. The summed E-state index contributed by atoms with van der Waals surface area (Å²) >= 11 is 2.28. The number of hydrogen-bond donors (Lipinski definition) is 1. The van der Waals surface area contributed by atoms with Gasteiger partial charge in [-0.3, -0.25) is 4.79 Å². The van der Waals surface area contributed by atoms with Crippen LogP contribution in [-0.2, 0) is 24.4 Å². The first kappa shape index (κ1) is 25.7. The van der Waals surface area contributed by atoms with Crippen molar-refractivity contribution in [1.29, 1.82) is 0 Å². The summed E-state index contributed by atoms with van der Waals surface area (Å²) in [5, 5.41) is 9.76. The monoisotopic (exact) mass is 565 g/mol. The highest BCUT2D eigenvalue weighted by molar-refractivity contribution is 14.1. The molecule has 1 heterocycles. The SMILES string of the molecule is CC1(C)/C(=C\C=C2\C=C(O)C=CC2=O)N(CCOCCOCCOCCI)c2ccccc21. The molecule has 1 aliphatic heterocycles. The number of fused-ring (bicyclic) bond motifs is 1. The summed E-state index contributed by atoms with van der Waals surface area (Å²) in [4.78, 5) is 14.4. The molecule has 1 aromatic rings. The van der Waals surface area contributed by atoms with Crippen molar-refractivity contribution in [3.05, 3.63) is 77.2 Å². The molecule has 33 heavy (non-hydrogen) atoms. The van der Waals surface area contributed by atoms with Crippen LogP contribution in [0.3, 0.4) is 0 Å². The number of carbonyl (C=O) groups is 1. The number of benzene rings is 1. The zero-order valence-corrected chi connectivity index (χ0v) is 21.4. The van der Waals surface area contributed by atoms with E-state index in [2.05, 4.69) is 53.5 Å². The maximum atomic E-state index is 12.2. The first-order valence-electron chi connectivity index (χ1n) is 11.2. The predicted molar refractivity (Wildman–Crippen MR) is 139 cm³/mol. The van der Waals surface area contributed by atoms with Gasteiger partial charge in [0.05, 0.1) is 39.6 Å². The first-order valence-corrected chi connectivity index (χ1v) is 12.7. The molecule has 0 fully saturated rings. The van der Waals surface area contributed by atoms with E-state index in [1.807, 2.05) is 18.2 Å². The fraction of sp³-hybridized carbons (Fsp3) is 0.423. The van der Waals surface area contributed by atoms with E-state index in [1.54, 1.807) is 6.08 Å². The fourth-order valence-electron chi connectivity index (χ4n) is 3.97. The van der Waals surface area contributed by atoms with Gasteiger partial charge in [0.25, 0.3) is 0 Å². The van der Waals surface area contributed by atoms with E-state index in [-0.39, 0.29) is 17.0 Å². The van der Waals surface area contributed by atoms with E-state index in [0.29, 0.717) is 45.2 Å². The largest absolute Gasteiger partial charge is 0.508 e. The Kier molecular flexibility index (Phi) is 9.73. The summed E-state index contributed by atoms with van der Waals surface area (Å²) in [6, 6.07) is 8.35. The lowest BCUT2D eigenvalue weighted by atomic mass is 9.83. The van der Waals surface area contributed by atoms with Gasteiger partial charge in [0.2, 0.25) is 0 Å². The molecule has 2 aliphatic rings. The number of nitrogens with zero attached hydrogens (tertiary/aromatic N) is 1. The molecule has 6 nitrogen and oxygen atoms in total. The Bertz CT molecular complexity index is 948. The first-order chi connectivity index (χ1) is 15.9. The van der Waals surface area contributed by atoms with Gasteiger partial charge in [-0.15, -0.1) is 0 Å². The van der Waals surface area contributed by atoms with Gasteiger partial charge in [-0.2, -0.15) is 0 Å². The molecule has 0 spiro atoms. The number of anilines is 1. The van der Waals surface area contributed by atoms with Crippen LogP contribution in [0.1, 0.15) is 19.4 Å². The van der Waals surface area contributed by atoms with Crippen LogP contribution in [-0.4, -0.2) is 61.5 Å². The molecule has 0 aromatic heterocycles. The van der Waals surface area contributed by atoms with Gasteiger partial charge in [0.1, 0.15) is 5.76 Å². The summed E-state index contributed by atoms with van der Waals surface area (Å²) in [6.45, 7) is 8.60. The van der Waals surface area contributed by atoms with Crippen molar-refractivity contribution in [3.63, 3.8) is 0 Å². The van der Waals surface area contributed by atoms with E-state index in [0.717, 1.165) is 22.4 Å². The van der Waals surface area contributed by atoms with Crippen LogP contribution in [0.4, 0.5) is 5.69 Å². The minimum Gasteiger partial charge on any atom is -0.508 e. The van der Waals surface area contributed by atoms with Gasteiger partial charge in [0, 0.05) is 33.3 Å². The Hall–Kier alpha value is -1.94. The van der Waals surface area contributed by atoms with Gasteiger partial charge in [-0.05, 0) is 42.0 Å². The molecular formula is C26H32INO5. The molecule has 0 atom stereocenters. The van der Waals surface area contributed by atoms with Crippen LogP contribution >= 0.6 is 22.6 Å². The normalized spacial score (nSPS) is 19.4. The van der Waals surface area contributed by atoms with Crippen LogP contribution in [0.25, 0.3) is 0 Å². The van der Waals surface area contributed by atoms with Crippen LogP contribution in [0.15, 0.2) is 71.7 Å². The van der Waals surface area contributed by atoms with Crippen molar-refractivity contribution >= 4 is 34.1 Å². The number of alkyl halides is 1. The van der Waals surface area contributed by atoms with Gasteiger partial charge >= 0.3 is 0 Å². The smallest absolute Gasteiger partial charge is 0.186 e. The second kappa shape index (κ2) is 12.5. The number of halogens is 1. The van der Waals surface area contributed by atoms with Crippen LogP contribution in [0.2, 0.25) is 0 Å². The van der Waals surface area contributed by atoms with Crippen LogP contribution in [0.5, 0.6) is 0 Å². The average molecular weight is 565 g/mol. The van der Waals surface area contributed by atoms with E-state index < -0.39 is 0 Å². The zero-order chi connectivity index (χ0) is 23.7. The van der Waals surface area contributed by atoms with Gasteiger partial charge in [-0.1, -0.05) is 54.6 Å². The number of rotatable bonds is 12. The number of para-hydroxylation sites is 1. The Labute approximate surface area is 209 Å². The highest BCUT2D eigenvalue weighted by atomic mass is 127. The van der Waals surface area contributed by atoms with E-state index in [9.17, 15) is 9.90 Å². The summed E-state index contributed by atoms with van der Waals surface area (Å²) in [5.41, 5.74) is 3.70. The topological polar surface area (TPSA) is 68.2 Å². The summed E-state index contributed by atoms with van der Waals surface area (Å²) in [7, 11) is 0. The van der Waals surface area contributed by atoms with Crippen molar-refractivity contribution in [1.82, 2.24) is 0 Å². The number of carbonyl (C=O) groups excluding carboxylic acids is 1. The maximum Gasteiger partial charge on any atom is 0.186 e. The zero-order valence-electron chi connectivity index (χ0n) is 19.3. The molecule has 1 aromatic carbocycles. The summed E-state index contributed by atoms with van der Waals surface area (Å²) in [5.74, 6) is -0.0372. The van der Waals surface area contributed by atoms with Crippen molar-refractivity contribution in [2.24, 2.45) is 0 Å². The summed E-state index contributed by atoms with van der Waals surface area (Å²) < 4.78 is 17.7. The molecule has 7 heteroatoms. The van der Waals surface area contributed by atoms with Crippen LogP contribution < -0.4 is 4.90 Å². The fourth-order valence-corrected chi connectivity index (χ4v) is 4.28. The van der Waals surface area contributed by atoms with E-state index in [4.69, 9.17) is 14.2 Å². The predicted octanol–water partition coefficient (Wildman–Crippen LogP) is 4.66. The lowest BCUT2D eigenvalue weighted by Gasteiger charge is -2.27. The number of ether oxygens (including phenoxy) is 3. The third-order valence-electron chi connectivity index (χ3n) is 5.64. The third kappa shape index (κ3) is 6.79. The molecule has 1 N–H and O–H groups in total. The Balaban J connectivity index is 1.63. The van der Waals surface area contributed by atoms with Crippen molar-refractivity contribution < 1.29 is 24.1 Å². The summed E-state index contributed by atoms with van der Waals surface area (Å²) in [6.07, 6.45) is 8.06. The highest BCUT2D eigenvalue weighted by Gasteiger charge is 2.39. The minimum absolute atomic E-state index is 0.0808. The van der Waals surface area contributed by atoms with Crippen LogP contribution in [0, 0.1) is 0 Å². The number of allylic oxidation sites excluding steroid dienone is 7. The molecular weight excluding hydrogens is 533 g/mol. The molecule has 3 rings (SSSR count). The molecule has 0 saturated carbocycles. The number of aliphatic hydroxyl groups excluding tert-OH is 1. The number of ketones is 1. The second-order valence-electron chi connectivity index (χ2n) is 8.26. The van der Waals surface area contributed by atoms with Crippen molar-refractivity contribution in [3.8, 4) is 0 Å². The third-order valence-corrected chi connectivity index (χ3v) is 6.08. The molecule has 0 unspecified atom stereocenters. The quantitative estimate of drug-likeness (QED) is 0.172. The molecule has 178 valence electrons. The van der Waals surface area contributed by atoms with E-state index >= 15 is 0 Å².